The zero-order chi connectivity index (χ0) is 12.1. The quantitative estimate of drug-likeness (QED) is 0.763. The van der Waals surface area contributed by atoms with Crippen LogP contribution in [0.5, 0.6) is 0 Å². The molecule has 0 saturated heterocycles. The highest BCUT2D eigenvalue weighted by Gasteiger charge is 2.12. The van der Waals surface area contributed by atoms with Crippen molar-refractivity contribution in [2.24, 2.45) is 0 Å². The van der Waals surface area contributed by atoms with E-state index in [-0.39, 0.29) is 17.5 Å². The Morgan fingerprint density at radius 1 is 1.44 bits per heavy atom. The van der Waals surface area contributed by atoms with Gasteiger partial charge in [0.05, 0.1) is 17.5 Å². The van der Waals surface area contributed by atoms with Gasteiger partial charge in [0.15, 0.2) is 11.6 Å². The summed E-state index contributed by atoms with van der Waals surface area (Å²) in [6.45, 7) is 4.65. The summed E-state index contributed by atoms with van der Waals surface area (Å²) in [6.07, 6.45) is -0.0907. The minimum absolute atomic E-state index is 0.00782. The molecule has 16 heavy (non-hydrogen) atoms. The molecule has 1 rings (SSSR count). The van der Waals surface area contributed by atoms with Gasteiger partial charge in [-0.1, -0.05) is 0 Å². The maximum Gasteiger partial charge on any atom is 0.183 e. The van der Waals surface area contributed by atoms with Gasteiger partial charge >= 0.3 is 0 Å². The van der Waals surface area contributed by atoms with Crippen LogP contribution in [0.2, 0.25) is 0 Å². The average molecular weight is 230 g/mol. The van der Waals surface area contributed by atoms with E-state index in [0.717, 1.165) is 6.07 Å². The van der Waals surface area contributed by atoms with Crippen LogP contribution in [0.1, 0.15) is 13.8 Å². The van der Waals surface area contributed by atoms with Crippen molar-refractivity contribution in [2.45, 2.75) is 20.0 Å². The maximum atomic E-state index is 13.3. The number of anilines is 2. The van der Waals surface area contributed by atoms with Crippen molar-refractivity contribution in [1.82, 2.24) is 0 Å². The second-order valence-electron chi connectivity index (χ2n) is 3.47. The summed E-state index contributed by atoms with van der Waals surface area (Å²) in [7, 11) is 0. The molecule has 0 aliphatic carbocycles. The summed E-state index contributed by atoms with van der Waals surface area (Å²) >= 11 is 0. The number of benzene rings is 1. The second-order valence-corrected chi connectivity index (χ2v) is 3.47. The lowest BCUT2D eigenvalue weighted by Crippen LogP contribution is -2.21. The number of nitrogen functional groups attached to an aromatic ring is 1. The standard InChI is InChI=1S/C11H16F2N2O/c1-3-16-7(2)6-15-11-9(14)5-4-8(12)10(11)13/h4-5,7,15H,3,6,14H2,1-2H3. The molecular formula is C11H16F2N2O. The summed E-state index contributed by atoms with van der Waals surface area (Å²) in [6, 6.07) is 2.33. The van der Waals surface area contributed by atoms with Crippen molar-refractivity contribution in [3.63, 3.8) is 0 Å². The zero-order valence-electron chi connectivity index (χ0n) is 9.39. The molecule has 5 heteroatoms. The van der Waals surface area contributed by atoms with E-state index < -0.39 is 11.6 Å². The average Bonchev–Trinajstić information content (AvgIpc) is 2.24. The van der Waals surface area contributed by atoms with Crippen molar-refractivity contribution >= 4 is 11.4 Å². The Balaban J connectivity index is 2.70. The van der Waals surface area contributed by atoms with Gasteiger partial charge in [0.1, 0.15) is 0 Å². The maximum absolute atomic E-state index is 13.3. The molecule has 0 aromatic heterocycles. The molecule has 1 atom stereocenters. The van der Waals surface area contributed by atoms with Crippen LogP contribution in [-0.4, -0.2) is 19.3 Å². The molecule has 0 radical (unpaired) electrons. The zero-order valence-corrected chi connectivity index (χ0v) is 9.39. The van der Waals surface area contributed by atoms with E-state index in [1.165, 1.54) is 6.07 Å². The Hall–Kier alpha value is -1.36. The van der Waals surface area contributed by atoms with Gasteiger partial charge < -0.3 is 15.8 Å². The summed E-state index contributed by atoms with van der Waals surface area (Å²) in [4.78, 5) is 0. The number of rotatable bonds is 5. The Morgan fingerprint density at radius 2 is 2.12 bits per heavy atom. The van der Waals surface area contributed by atoms with E-state index in [1.807, 2.05) is 13.8 Å². The van der Waals surface area contributed by atoms with Gasteiger partial charge in [0, 0.05) is 13.2 Å². The Kier molecular flexibility index (Phi) is 4.49. The normalized spacial score (nSPS) is 12.5. The third kappa shape index (κ3) is 3.06. The number of halogens is 2. The van der Waals surface area contributed by atoms with Crippen molar-refractivity contribution in [3.05, 3.63) is 23.8 Å². The minimum atomic E-state index is -0.955. The van der Waals surface area contributed by atoms with E-state index in [4.69, 9.17) is 10.5 Å². The molecule has 0 aliphatic heterocycles. The molecule has 3 N–H and O–H groups in total. The van der Waals surface area contributed by atoms with E-state index in [9.17, 15) is 8.78 Å². The fourth-order valence-corrected chi connectivity index (χ4v) is 1.33. The fourth-order valence-electron chi connectivity index (χ4n) is 1.33. The molecule has 90 valence electrons. The lowest BCUT2D eigenvalue weighted by Gasteiger charge is -2.15. The molecule has 0 bridgehead atoms. The first kappa shape index (κ1) is 12.7. The molecule has 0 amide bonds. The highest BCUT2D eigenvalue weighted by atomic mass is 19.2. The molecule has 0 aliphatic rings. The van der Waals surface area contributed by atoms with Crippen LogP contribution in [-0.2, 0) is 4.74 Å². The van der Waals surface area contributed by atoms with E-state index >= 15 is 0 Å². The highest BCUT2D eigenvalue weighted by molar-refractivity contribution is 5.66. The largest absolute Gasteiger partial charge is 0.397 e. The summed E-state index contributed by atoms with van der Waals surface area (Å²) < 4.78 is 31.5. The monoisotopic (exact) mass is 230 g/mol. The second kappa shape index (κ2) is 5.65. The van der Waals surface area contributed by atoms with Gasteiger partial charge in [-0.3, -0.25) is 0 Å². The predicted molar refractivity (Wildman–Crippen MR) is 60.3 cm³/mol. The van der Waals surface area contributed by atoms with Crippen molar-refractivity contribution in [2.75, 3.05) is 24.2 Å². The first-order valence-corrected chi connectivity index (χ1v) is 5.15. The molecule has 0 fully saturated rings. The summed E-state index contributed by atoms with van der Waals surface area (Å²) in [5.74, 6) is -1.87. The van der Waals surface area contributed by atoms with Crippen LogP contribution in [0.25, 0.3) is 0 Å². The lowest BCUT2D eigenvalue weighted by molar-refractivity contribution is 0.0855. The van der Waals surface area contributed by atoms with E-state index in [0.29, 0.717) is 13.2 Å². The number of ether oxygens (including phenoxy) is 1. The van der Waals surface area contributed by atoms with E-state index in [1.54, 1.807) is 0 Å². The van der Waals surface area contributed by atoms with Crippen LogP contribution in [0.3, 0.4) is 0 Å². The topological polar surface area (TPSA) is 47.3 Å². The van der Waals surface area contributed by atoms with Gasteiger partial charge in [0.25, 0.3) is 0 Å². The Morgan fingerprint density at radius 3 is 2.75 bits per heavy atom. The third-order valence-corrected chi connectivity index (χ3v) is 2.14. The van der Waals surface area contributed by atoms with Crippen molar-refractivity contribution in [1.29, 1.82) is 0 Å². The fraction of sp³-hybridized carbons (Fsp3) is 0.455. The molecular weight excluding hydrogens is 214 g/mol. The van der Waals surface area contributed by atoms with Crippen LogP contribution in [0.4, 0.5) is 20.2 Å². The Bertz CT molecular complexity index is 358. The predicted octanol–water partition coefficient (Wildman–Crippen LogP) is 2.38. The molecule has 0 spiro atoms. The lowest BCUT2D eigenvalue weighted by atomic mass is 10.2. The highest BCUT2D eigenvalue weighted by Crippen LogP contribution is 2.24. The summed E-state index contributed by atoms with van der Waals surface area (Å²) in [5, 5.41) is 2.74. The Labute approximate surface area is 93.6 Å². The van der Waals surface area contributed by atoms with Crippen molar-refractivity contribution < 1.29 is 13.5 Å². The van der Waals surface area contributed by atoms with Crippen LogP contribution < -0.4 is 11.1 Å². The molecule has 1 unspecified atom stereocenters. The number of nitrogens with two attached hydrogens (primary N) is 1. The van der Waals surface area contributed by atoms with Crippen LogP contribution in [0.15, 0.2) is 12.1 Å². The molecule has 3 nitrogen and oxygen atoms in total. The number of hydrogen-bond donors (Lipinski definition) is 2. The first-order chi connectivity index (χ1) is 7.56. The molecule has 0 heterocycles. The van der Waals surface area contributed by atoms with Crippen molar-refractivity contribution in [3.8, 4) is 0 Å². The van der Waals surface area contributed by atoms with Gasteiger partial charge in [-0.05, 0) is 26.0 Å². The van der Waals surface area contributed by atoms with Gasteiger partial charge in [-0.25, -0.2) is 8.78 Å². The SMILES string of the molecule is CCOC(C)CNc1c(N)ccc(F)c1F. The number of hydrogen-bond acceptors (Lipinski definition) is 3. The van der Waals surface area contributed by atoms with Gasteiger partial charge in [-0.2, -0.15) is 0 Å². The minimum Gasteiger partial charge on any atom is -0.397 e. The molecule has 0 saturated carbocycles. The van der Waals surface area contributed by atoms with Crippen LogP contribution >= 0.6 is 0 Å². The van der Waals surface area contributed by atoms with E-state index in [2.05, 4.69) is 5.32 Å². The number of nitrogens with one attached hydrogen (secondary N) is 1. The van der Waals surface area contributed by atoms with Gasteiger partial charge in [-0.15, -0.1) is 0 Å². The molecule has 1 aromatic carbocycles. The smallest absolute Gasteiger partial charge is 0.183 e. The third-order valence-electron chi connectivity index (χ3n) is 2.14. The summed E-state index contributed by atoms with van der Waals surface area (Å²) in [5.41, 5.74) is 5.72. The van der Waals surface area contributed by atoms with Crippen LogP contribution in [0, 0.1) is 11.6 Å². The molecule has 1 aromatic rings. The first-order valence-electron chi connectivity index (χ1n) is 5.15. The van der Waals surface area contributed by atoms with Gasteiger partial charge in [0.2, 0.25) is 0 Å².